The minimum atomic E-state index is -0.373. The molecule has 100 valence electrons. The molecule has 1 rings (SSSR count). The summed E-state index contributed by atoms with van der Waals surface area (Å²) in [4.78, 5) is 11.9. The third-order valence-corrected chi connectivity index (χ3v) is 3.20. The van der Waals surface area contributed by atoms with Crippen molar-refractivity contribution in [3.05, 3.63) is 35.4 Å². The zero-order valence-corrected chi connectivity index (χ0v) is 11.6. The van der Waals surface area contributed by atoms with Gasteiger partial charge in [0, 0.05) is 12.0 Å². The van der Waals surface area contributed by atoms with Gasteiger partial charge in [-0.25, -0.2) is 0 Å². The lowest BCUT2D eigenvalue weighted by atomic mass is 9.88. The summed E-state index contributed by atoms with van der Waals surface area (Å²) >= 11 is 0. The Hall–Kier alpha value is -1.35. The van der Waals surface area contributed by atoms with Gasteiger partial charge in [0.25, 0.3) is 0 Å². The predicted octanol–water partition coefficient (Wildman–Crippen LogP) is 2.03. The summed E-state index contributed by atoms with van der Waals surface area (Å²) in [5, 5.41) is 2.98. The Kier molecular flexibility index (Phi) is 5.35. The lowest BCUT2D eigenvalue weighted by molar-refractivity contribution is -0.129. The smallest absolute Gasteiger partial charge is 0.225 e. The van der Waals surface area contributed by atoms with Gasteiger partial charge < -0.3 is 11.1 Å². The Labute approximate surface area is 110 Å². The van der Waals surface area contributed by atoms with Crippen molar-refractivity contribution >= 4 is 5.91 Å². The van der Waals surface area contributed by atoms with E-state index in [9.17, 15) is 4.79 Å². The van der Waals surface area contributed by atoms with Crippen molar-refractivity contribution in [2.75, 3.05) is 13.1 Å². The molecule has 0 bridgehead atoms. The van der Waals surface area contributed by atoms with E-state index < -0.39 is 0 Å². The molecule has 0 aromatic heterocycles. The average molecular weight is 248 g/mol. The summed E-state index contributed by atoms with van der Waals surface area (Å²) in [5.41, 5.74) is 7.64. The molecular weight excluding hydrogens is 224 g/mol. The molecule has 0 spiro atoms. The Bertz CT molecular complexity index is 382. The first-order valence-corrected chi connectivity index (χ1v) is 6.49. The number of amides is 1. The van der Waals surface area contributed by atoms with Crippen LogP contribution in [0.15, 0.2) is 24.3 Å². The third-order valence-electron chi connectivity index (χ3n) is 3.20. The molecule has 0 saturated carbocycles. The number of aryl methyl sites for hydroxylation is 1. The van der Waals surface area contributed by atoms with E-state index in [0.29, 0.717) is 19.5 Å². The van der Waals surface area contributed by atoms with Gasteiger partial charge in [0.2, 0.25) is 5.91 Å². The zero-order chi connectivity index (χ0) is 13.6. The molecule has 0 unspecified atom stereocenters. The van der Waals surface area contributed by atoms with Crippen LogP contribution in [0.1, 0.15) is 31.4 Å². The van der Waals surface area contributed by atoms with Gasteiger partial charge in [0.15, 0.2) is 0 Å². The molecule has 0 saturated heterocycles. The molecule has 3 N–H and O–H groups in total. The normalized spacial score (nSPS) is 11.3. The molecule has 18 heavy (non-hydrogen) atoms. The van der Waals surface area contributed by atoms with Gasteiger partial charge >= 0.3 is 0 Å². The van der Waals surface area contributed by atoms with Crippen LogP contribution in [0.5, 0.6) is 0 Å². The molecule has 1 amide bonds. The minimum absolute atomic E-state index is 0.0834. The molecule has 0 heterocycles. The predicted molar refractivity (Wildman–Crippen MR) is 75.3 cm³/mol. The van der Waals surface area contributed by atoms with Crippen molar-refractivity contribution in [1.29, 1.82) is 0 Å². The Balaban J connectivity index is 2.37. The highest BCUT2D eigenvalue weighted by Gasteiger charge is 2.25. The maximum Gasteiger partial charge on any atom is 0.225 e. The van der Waals surface area contributed by atoms with E-state index in [2.05, 4.69) is 36.5 Å². The summed E-state index contributed by atoms with van der Waals surface area (Å²) in [7, 11) is 0. The van der Waals surface area contributed by atoms with Crippen LogP contribution in [0.4, 0.5) is 0 Å². The van der Waals surface area contributed by atoms with E-state index in [1.54, 1.807) is 0 Å². The van der Waals surface area contributed by atoms with Crippen LogP contribution in [-0.4, -0.2) is 19.0 Å². The summed E-state index contributed by atoms with van der Waals surface area (Å²) in [6.45, 7) is 7.15. The molecule has 1 aromatic carbocycles. The molecule has 0 atom stereocenters. The number of hydrogen-bond donors (Lipinski definition) is 2. The van der Waals surface area contributed by atoms with Crippen LogP contribution < -0.4 is 11.1 Å². The van der Waals surface area contributed by atoms with Crippen molar-refractivity contribution in [2.24, 2.45) is 11.1 Å². The summed E-state index contributed by atoms with van der Waals surface area (Å²) in [5.74, 6) is 0.0834. The first-order chi connectivity index (χ1) is 8.45. The average Bonchev–Trinajstić information content (AvgIpc) is 2.31. The first kappa shape index (κ1) is 14.7. The highest BCUT2D eigenvalue weighted by atomic mass is 16.2. The van der Waals surface area contributed by atoms with Gasteiger partial charge in [-0.3, -0.25) is 4.79 Å². The van der Waals surface area contributed by atoms with Gasteiger partial charge in [-0.15, -0.1) is 0 Å². The van der Waals surface area contributed by atoms with Crippen LogP contribution in [0, 0.1) is 12.3 Å². The SMILES string of the molecule is Cc1ccc(CCNC(=O)C(C)(C)CCN)cc1. The lowest BCUT2D eigenvalue weighted by Crippen LogP contribution is -2.39. The number of carbonyl (C=O) groups is 1. The molecule has 0 radical (unpaired) electrons. The minimum Gasteiger partial charge on any atom is -0.355 e. The summed E-state index contributed by atoms with van der Waals surface area (Å²) < 4.78 is 0. The van der Waals surface area contributed by atoms with Crippen LogP contribution in [0.3, 0.4) is 0 Å². The van der Waals surface area contributed by atoms with Crippen LogP contribution in [-0.2, 0) is 11.2 Å². The molecule has 0 aliphatic carbocycles. The fourth-order valence-electron chi connectivity index (χ4n) is 1.79. The van der Waals surface area contributed by atoms with E-state index in [1.807, 2.05) is 13.8 Å². The summed E-state index contributed by atoms with van der Waals surface area (Å²) in [6, 6.07) is 8.39. The molecule has 3 heteroatoms. The van der Waals surface area contributed by atoms with Crippen molar-refractivity contribution in [3.63, 3.8) is 0 Å². The topological polar surface area (TPSA) is 55.1 Å². The van der Waals surface area contributed by atoms with E-state index in [-0.39, 0.29) is 11.3 Å². The number of rotatable bonds is 6. The maximum atomic E-state index is 11.9. The second kappa shape index (κ2) is 6.55. The number of carbonyl (C=O) groups excluding carboxylic acids is 1. The quantitative estimate of drug-likeness (QED) is 0.809. The van der Waals surface area contributed by atoms with Crippen molar-refractivity contribution in [3.8, 4) is 0 Å². The molecule has 1 aromatic rings. The molecule has 0 aliphatic rings. The molecule has 0 aliphatic heterocycles. The number of hydrogen-bond acceptors (Lipinski definition) is 2. The second-order valence-electron chi connectivity index (χ2n) is 5.41. The van der Waals surface area contributed by atoms with Gasteiger partial charge in [0.05, 0.1) is 0 Å². The van der Waals surface area contributed by atoms with E-state index in [1.165, 1.54) is 11.1 Å². The van der Waals surface area contributed by atoms with E-state index in [4.69, 9.17) is 5.73 Å². The molecule has 3 nitrogen and oxygen atoms in total. The van der Waals surface area contributed by atoms with Crippen molar-refractivity contribution < 1.29 is 4.79 Å². The molecule has 0 fully saturated rings. The Morgan fingerprint density at radius 3 is 2.44 bits per heavy atom. The highest BCUT2D eigenvalue weighted by Crippen LogP contribution is 2.19. The number of nitrogens with one attached hydrogen (secondary N) is 1. The number of nitrogens with two attached hydrogens (primary N) is 1. The first-order valence-electron chi connectivity index (χ1n) is 6.49. The van der Waals surface area contributed by atoms with E-state index >= 15 is 0 Å². The van der Waals surface area contributed by atoms with Crippen LogP contribution in [0.2, 0.25) is 0 Å². The molecular formula is C15H24N2O. The van der Waals surface area contributed by atoms with Gasteiger partial charge in [-0.2, -0.15) is 0 Å². The zero-order valence-electron chi connectivity index (χ0n) is 11.6. The van der Waals surface area contributed by atoms with Gasteiger partial charge in [-0.05, 0) is 31.9 Å². The second-order valence-corrected chi connectivity index (χ2v) is 5.41. The monoisotopic (exact) mass is 248 g/mol. The van der Waals surface area contributed by atoms with Gasteiger partial charge in [0.1, 0.15) is 0 Å². The standard InChI is InChI=1S/C15H24N2O/c1-12-4-6-13(7-5-12)8-11-17-14(18)15(2,3)9-10-16/h4-7H,8-11,16H2,1-3H3,(H,17,18). The third kappa shape index (κ3) is 4.49. The van der Waals surface area contributed by atoms with E-state index in [0.717, 1.165) is 6.42 Å². The summed E-state index contributed by atoms with van der Waals surface area (Å²) in [6.07, 6.45) is 1.58. The number of benzene rings is 1. The van der Waals surface area contributed by atoms with Crippen LogP contribution >= 0.6 is 0 Å². The van der Waals surface area contributed by atoms with Crippen molar-refractivity contribution in [1.82, 2.24) is 5.32 Å². The Morgan fingerprint density at radius 2 is 1.89 bits per heavy atom. The van der Waals surface area contributed by atoms with Crippen LogP contribution in [0.25, 0.3) is 0 Å². The van der Waals surface area contributed by atoms with Gasteiger partial charge in [-0.1, -0.05) is 43.7 Å². The van der Waals surface area contributed by atoms with Crippen molar-refractivity contribution in [2.45, 2.75) is 33.6 Å². The largest absolute Gasteiger partial charge is 0.355 e. The Morgan fingerprint density at radius 1 is 1.28 bits per heavy atom. The lowest BCUT2D eigenvalue weighted by Gasteiger charge is -2.22. The highest BCUT2D eigenvalue weighted by molar-refractivity contribution is 5.81. The fraction of sp³-hybridized carbons (Fsp3) is 0.533. The fourth-order valence-corrected chi connectivity index (χ4v) is 1.79. The maximum absolute atomic E-state index is 11.9.